The van der Waals surface area contributed by atoms with E-state index in [4.69, 9.17) is 8.83 Å². The Kier molecular flexibility index (Phi) is 3.05. The summed E-state index contributed by atoms with van der Waals surface area (Å²) in [4.78, 5) is 11.4. The second kappa shape index (κ2) is 5.18. The van der Waals surface area contributed by atoms with Crippen LogP contribution in [0.2, 0.25) is 0 Å². The fourth-order valence-electron chi connectivity index (χ4n) is 2.64. The molecule has 21 heavy (non-hydrogen) atoms. The van der Waals surface area contributed by atoms with Crippen LogP contribution in [0.3, 0.4) is 0 Å². The zero-order valence-corrected chi connectivity index (χ0v) is 11.5. The Morgan fingerprint density at radius 2 is 2.05 bits per heavy atom. The molecule has 0 fully saturated rings. The maximum atomic E-state index is 5.42. The normalized spacial score (nSPS) is 15.0. The number of fused-ring (bicyclic) bond motifs is 1. The summed E-state index contributed by atoms with van der Waals surface area (Å²) in [7, 11) is 0. The summed E-state index contributed by atoms with van der Waals surface area (Å²) in [5, 5.41) is 0. The molecule has 0 N–H and O–H groups in total. The van der Waals surface area contributed by atoms with Crippen LogP contribution < -0.4 is 0 Å². The number of nitrogens with zero attached hydrogens (tertiary/aromatic N) is 3. The lowest BCUT2D eigenvalue weighted by molar-refractivity contribution is 0.222. The average Bonchev–Trinajstić information content (AvgIpc) is 3.20. The van der Waals surface area contributed by atoms with Crippen LogP contribution in [0.5, 0.6) is 0 Å². The fraction of sp³-hybridized carbons (Fsp3) is 0.250. The van der Waals surface area contributed by atoms with E-state index in [1.807, 2.05) is 30.5 Å². The van der Waals surface area contributed by atoms with Crippen molar-refractivity contribution in [2.45, 2.75) is 19.5 Å². The summed E-state index contributed by atoms with van der Waals surface area (Å²) in [5.74, 6) is 2.35. The predicted octanol–water partition coefficient (Wildman–Crippen LogP) is 2.89. The summed E-state index contributed by atoms with van der Waals surface area (Å²) < 4.78 is 10.8. The van der Waals surface area contributed by atoms with Crippen LogP contribution in [-0.4, -0.2) is 21.4 Å². The van der Waals surface area contributed by atoms with Crippen LogP contribution >= 0.6 is 0 Å². The summed E-state index contributed by atoms with van der Waals surface area (Å²) in [6.07, 6.45) is 6.24. The Balaban J connectivity index is 1.57. The van der Waals surface area contributed by atoms with Gasteiger partial charge in [0.15, 0.2) is 11.6 Å². The topological polar surface area (TPSA) is 55.3 Å². The second-order valence-electron chi connectivity index (χ2n) is 5.18. The first-order valence-electron chi connectivity index (χ1n) is 7.02. The van der Waals surface area contributed by atoms with E-state index in [1.165, 1.54) is 5.56 Å². The Morgan fingerprint density at radius 3 is 2.86 bits per heavy atom. The highest BCUT2D eigenvalue weighted by molar-refractivity contribution is 5.46. The van der Waals surface area contributed by atoms with Gasteiger partial charge in [0.1, 0.15) is 5.76 Å². The third-order valence-corrected chi connectivity index (χ3v) is 3.73. The molecule has 0 spiro atoms. The van der Waals surface area contributed by atoms with Gasteiger partial charge in [-0.15, -0.1) is 0 Å². The Morgan fingerprint density at radius 1 is 1.14 bits per heavy atom. The lowest BCUT2D eigenvalue weighted by Gasteiger charge is -2.26. The van der Waals surface area contributed by atoms with Gasteiger partial charge in [0.2, 0.25) is 0 Å². The number of furan rings is 2. The standard InChI is InChI=1S/C16H15N3O2/c1-3-13(20-7-1)10-19-6-5-12-9-17-16(18-14(12)11-19)15-4-2-8-21-15/h1-4,7-9H,5-6,10-11H2. The van der Waals surface area contributed by atoms with Crippen molar-refractivity contribution in [2.75, 3.05) is 6.54 Å². The number of aromatic nitrogens is 2. The van der Waals surface area contributed by atoms with Crippen LogP contribution in [0.25, 0.3) is 11.6 Å². The number of hydrogen-bond donors (Lipinski definition) is 0. The molecule has 3 aromatic rings. The van der Waals surface area contributed by atoms with Crippen molar-refractivity contribution in [3.63, 3.8) is 0 Å². The van der Waals surface area contributed by atoms with E-state index in [-0.39, 0.29) is 0 Å². The molecule has 5 heteroatoms. The van der Waals surface area contributed by atoms with Gasteiger partial charge in [-0.25, -0.2) is 9.97 Å². The monoisotopic (exact) mass is 281 g/mol. The first kappa shape index (κ1) is 12.3. The summed E-state index contributed by atoms with van der Waals surface area (Å²) in [5.41, 5.74) is 2.30. The first-order chi connectivity index (χ1) is 10.4. The van der Waals surface area contributed by atoms with Crippen molar-refractivity contribution >= 4 is 0 Å². The van der Waals surface area contributed by atoms with E-state index in [0.29, 0.717) is 11.6 Å². The smallest absolute Gasteiger partial charge is 0.195 e. The van der Waals surface area contributed by atoms with E-state index >= 15 is 0 Å². The number of rotatable bonds is 3. The molecule has 5 nitrogen and oxygen atoms in total. The predicted molar refractivity (Wildman–Crippen MR) is 76.3 cm³/mol. The molecule has 0 bridgehead atoms. The van der Waals surface area contributed by atoms with Gasteiger partial charge in [-0.1, -0.05) is 0 Å². The van der Waals surface area contributed by atoms with Gasteiger partial charge in [0.25, 0.3) is 0 Å². The van der Waals surface area contributed by atoms with Crippen molar-refractivity contribution in [3.8, 4) is 11.6 Å². The molecule has 3 aromatic heterocycles. The lowest BCUT2D eigenvalue weighted by Crippen LogP contribution is -2.30. The van der Waals surface area contributed by atoms with E-state index in [2.05, 4.69) is 14.9 Å². The molecule has 0 saturated heterocycles. The van der Waals surface area contributed by atoms with Crippen molar-refractivity contribution in [1.29, 1.82) is 0 Å². The largest absolute Gasteiger partial charge is 0.468 e. The molecule has 4 rings (SSSR count). The van der Waals surface area contributed by atoms with E-state index in [9.17, 15) is 0 Å². The van der Waals surface area contributed by atoms with Crippen molar-refractivity contribution in [3.05, 3.63) is 60.0 Å². The quantitative estimate of drug-likeness (QED) is 0.739. The number of hydrogen-bond acceptors (Lipinski definition) is 5. The molecule has 4 heterocycles. The lowest BCUT2D eigenvalue weighted by atomic mass is 10.1. The van der Waals surface area contributed by atoms with Gasteiger partial charge in [-0.3, -0.25) is 4.90 Å². The molecule has 0 radical (unpaired) electrons. The van der Waals surface area contributed by atoms with Crippen LogP contribution in [0.15, 0.2) is 51.8 Å². The summed E-state index contributed by atoms with van der Waals surface area (Å²) >= 11 is 0. The van der Waals surface area contributed by atoms with Gasteiger partial charge >= 0.3 is 0 Å². The second-order valence-corrected chi connectivity index (χ2v) is 5.18. The highest BCUT2D eigenvalue weighted by Crippen LogP contribution is 2.22. The Labute approximate surface area is 122 Å². The van der Waals surface area contributed by atoms with Gasteiger partial charge in [-0.2, -0.15) is 0 Å². The molecule has 106 valence electrons. The van der Waals surface area contributed by atoms with Crippen LogP contribution in [0, 0.1) is 0 Å². The van der Waals surface area contributed by atoms with Gasteiger partial charge in [0, 0.05) is 19.3 Å². The third-order valence-electron chi connectivity index (χ3n) is 3.73. The molecule has 0 aromatic carbocycles. The molecule has 0 saturated carbocycles. The van der Waals surface area contributed by atoms with Crippen LogP contribution in [0.4, 0.5) is 0 Å². The highest BCUT2D eigenvalue weighted by Gasteiger charge is 2.20. The molecular formula is C16H15N3O2. The maximum absolute atomic E-state index is 5.42. The van der Waals surface area contributed by atoms with Crippen molar-refractivity contribution in [1.82, 2.24) is 14.9 Å². The van der Waals surface area contributed by atoms with E-state index in [1.54, 1.807) is 12.5 Å². The summed E-state index contributed by atoms with van der Waals surface area (Å²) in [6, 6.07) is 7.65. The Hall–Kier alpha value is -2.40. The third kappa shape index (κ3) is 2.48. The fourth-order valence-corrected chi connectivity index (χ4v) is 2.64. The minimum atomic E-state index is 0.651. The molecule has 0 aliphatic carbocycles. The average molecular weight is 281 g/mol. The molecule has 0 unspecified atom stereocenters. The molecule has 1 aliphatic heterocycles. The molecular weight excluding hydrogens is 266 g/mol. The minimum Gasteiger partial charge on any atom is -0.468 e. The van der Waals surface area contributed by atoms with Crippen LogP contribution in [-0.2, 0) is 19.5 Å². The van der Waals surface area contributed by atoms with E-state index in [0.717, 1.165) is 37.5 Å². The zero-order chi connectivity index (χ0) is 14.1. The van der Waals surface area contributed by atoms with Gasteiger partial charge in [0.05, 0.1) is 24.8 Å². The highest BCUT2D eigenvalue weighted by atomic mass is 16.3. The molecule has 0 amide bonds. The summed E-state index contributed by atoms with van der Waals surface area (Å²) in [6.45, 7) is 2.62. The van der Waals surface area contributed by atoms with E-state index < -0.39 is 0 Å². The maximum Gasteiger partial charge on any atom is 0.195 e. The SMILES string of the molecule is c1coc(CN2CCc3cnc(-c4ccco4)nc3C2)c1. The zero-order valence-electron chi connectivity index (χ0n) is 11.5. The van der Waals surface area contributed by atoms with Crippen LogP contribution in [0.1, 0.15) is 17.0 Å². The Bertz CT molecular complexity index is 720. The molecule has 1 aliphatic rings. The van der Waals surface area contributed by atoms with Gasteiger partial charge in [-0.05, 0) is 36.2 Å². The van der Waals surface area contributed by atoms with Crippen molar-refractivity contribution in [2.24, 2.45) is 0 Å². The minimum absolute atomic E-state index is 0.651. The molecule has 0 atom stereocenters. The first-order valence-corrected chi connectivity index (χ1v) is 7.02. The van der Waals surface area contributed by atoms with Crippen molar-refractivity contribution < 1.29 is 8.83 Å². The van der Waals surface area contributed by atoms with Gasteiger partial charge < -0.3 is 8.83 Å².